The number of piperidine rings is 1. The van der Waals surface area contributed by atoms with Gasteiger partial charge in [0.05, 0.1) is 41.8 Å². The number of imide groups is 1. The Balaban J connectivity index is 0.739. The standard InChI is InChI=1S/C47H52F2N8O7/c1-54-40(58)20-19-39(46(54)60)57-38-10-5-8-32(42(38)55(2)47(57)61)9-6-24-63-26-25-62-23-4-3-7-30-14-17-35(18-15-30)56-28-36(41(53-56)43(48)49)51-44(59)37-29-64-45(52-37)33-21-22-50-34(27-33)16-13-31-11-12-31/h5,8,10,14-15,17-18,21-22,27-29,31,39,43H,3-4,6-7,9,11-13,16,19-20,23-26H2,1-2H3,(H,51,59). The average molecular weight is 879 g/mol. The minimum atomic E-state index is -2.92. The van der Waals surface area contributed by atoms with Crippen LogP contribution in [0.15, 0.2) is 82.5 Å². The second kappa shape index (κ2) is 20.0. The summed E-state index contributed by atoms with van der Waals surface area (Å²) in [4.78, 5) is 61.2. The van der Waals surface area contributed by atoms with E-state index < -0.39 is 24.1 Å². The highest BCUT2D eigenvalue weighted by atomic mass is 19.3. The molecule has 0 radical (unpaired) electrons. The Morgan fingerprint density at radius 1 is 0.922 bits per heavy atom. The van der Waals surface area contributed by atoms with Crippen molar-refractivity contribution in [3.63, 3.8) is 0 Å². The number of fused-ring (bicyclic) bond motifs is 1. The van der Waals surface area contributed by atoms with Crippen LogP contribution < -0.4 is 11.0 Å². The number of alkyl halides is 2. The van der Waals surface area contributed by atoms with Crippen molar-refractivity contribution >= 4 is 34.4 Å². The number of benzene rings is 2. The van der Waals surface area contributed by atoms with Gasteiger partial charge in [0, 0.05) is 51.2 Å². The topological polar surface area (TPSA) is 169 Å². The molecule has 6 aromatic rings. The van der Waals surface area contributed by atoms with Crippen LogP contribution in [-0.2, 0) is 45.4 Å². The Labute approximate surface area is 368 Å². The van der Waals surface area contributed by atoms with Crippen molar-refractivity contribution in [2.45, 2.75) is 83.1 Å². The molecule has 64 heavy (non-hydrogen) atoms. The fraction of sp³-hybridized carbons (Fsp3) is 0.426. The van der Waals surface area contributed by atoms with Crippen molar-refractivity contribution in [2.75, 3.05) is 38.8 Å². The van der Waals surface area contributed by atoms with E-state index in [1.54, 1.807) is 36.0 Å². The maximum absolute atomic E-state index is 14.1. The number of pyridine rings is 1. The minimum Gasteiger partial charge on any atom is -0.444 e. The first kappa shape index (κ1) is 44.3. The largest absolute Gasteiger partial charge is 0.444 e. The number of carbonyl (C=O) groups excluding carboxylic acids is 3. The Morgan fingerprint density at radius 3 is 2.47 bits per heavy atom. The Kier molecular flexibility index (Phi) is 13.9. The molecule has 1 aliphatic heterocycles. The number of amides is 3. The Bertz CT molecular complexity index is 2660. The first-order chi connectivity index (χ1) is 31.0. The number of para-hydroxylation sites is 1. The third-order valence-corrected chi connectivity index (χ3v) is 11.9. The molecule has 1 atom stereocenters. The monoisotopic (exact) mass is 878 g/mol. The Hall–Kier alpha value is -6.33. The molecule has 2 aromatic carbocycles. The molecule has 2 aliphatic rings. The summed E-state index contributed by atoms with van der Waals surface area (Å²) in [6.45, 7) is 2.03. The van der Waals surface area contributed by atoms with Crippen LogP contribution in [0.5, 0.6) is 0 Å². The molecule has 15 nitrogen and oxygen atoms in total. The van der Waals surface area contributed by atoms with Gasteiger partial charge in [0.25, 0.3) is 18.2 Å². The number of oxazole rings is 1. The summed E-state index contributed by atoms with van der Waals surface area (Å²) in [5, 5.41) is 6.61. The first-order valence-electron chi connectivity index (χ1n) is 21.9. The third kappa shape index (κ3) is 10.2. The number of halogens is 2. The number of imidazole rings is 1. The van der Waals surface area contributed by atoms with Crippen LogP contribution >= 0.6 is 0 Å². The van der Waals surface area contributed by atoms with Crippen molar-refractivity contribution in [3.8, 4) is 17.1 Å². The molecule has 1 N–H and O–H groups in total. The predicted molar refractivity (Wildman–Crippen MR) is 233 cm³/mol. The summed E-state index contributed by atoms with van der Waals surface area (Å²) >= 11 is 0. The zero-order valence-electron chi connectivity index (χ0n) is 36.0. The number of unbranched alkanes of at least 4 members (excludes halogenated alkanes) is 1. The van der Waals surface area contributed by atoms with Crippen LogP contribution in [0, 0.1) is 5.92 Å². The number of likely N-dealkylation sites (tertiary alicyclic amines) is 1. The normalized spacial score (nSPS) is 15.5. The number of anilines is 1. The molecular weight excluding hydrogens is 827 g/mol. The van der Waals surface area contributed by atoms with Crippen molar-refractivity contribution in [1.82, 2.24) is 33.8 Å². The van der Waals surface area contributed by atoms with E-state index in [0.717, 1.165) is 71.7 Å². The van der Waals surface area contributed by atoms with Gasteiger partial charge in [-0.3, -0.25) is 33.4 Å². The molecule has 0 bridgehead atoms. The molecule has 1 aliphatic carbocycles. The quantitative estimate of drug-likeness (QED) is 0.0568. The molecule has 1 unspecified atom stereocenters. The van der Waals surface area contributed by atoms with E-state index in [4.69, 9.17) is 13.9 Å². The highest BCUT2D eigenvalue weighted by Gasteiger charge is 2.35. The van der Waals surface area contributed by atoms with Gasteiger partial charge in [-0.05, 0) is 98.7 Å². The van der Waals surface area contributed by atoms with E-state index in [2.05, 4.69) is 20.4 Å². The average Bonchev–Trinajstić information content (AvgIpc) is 3.70. The zero-order valence-corrected chi connectivity index (χ0v) is 36.0. The van der Waals surface area contributed by atoms with Crippen LogP contribution in [0.1, 0.15) is 96.8 Å². The summed E-state index contributed by atoms with van der Waals surface area (Å²) in [5.41, 5.74) is 4.70. The van der Waals surface area contributed by atoms with E-state index in [9.17, 15) is 28.0 Å². The van der Waals surface area contributed by atoms with Crippen LogP contribution in [0.2, 0.25) is 0 Å². The molecule has 17 heteroatoms. The van der Waals surface area contributed by atoms with Crippen molar-refractivity contribution in [1.29, 1.82) is 0 Å². The molecule has 336 valence electrons. The van der Waals surface area contributed by atoms with Crippen molar-refractivity contribution in [3.05, 3.63) is 112 Å². The van der Waals surface area contributed by atoms with Crippen molar-refractivity contribution < 1.29 is 37.1 Å². The molecule has 2 fully saturated rings. The molecule has 5 heterocycles. The number of aromatic nitrogens is 6. The molecule has 1 saturated carbocycles. The second-order valence-electron chi connectivity index (χ2n) is 16.5. The predicted octanol–water partition coefficient (Wildman–Crippen LogP) is 7.42. The minimum absolute atomic E-state index is 0.0469. The summed E-state index contributed by atoms with van der Waals surface area (Å²) in [6.07, 6.45) is 10.3. The van der Waals surface area contributed by atoms with E-state index in [-0.39, 0.29) is 41.2 Å². The van der Waals surface area contributed by atoms with Crippen LogP contribution in [0.3, 0.4) is 0 Å². The van der Waals surface area contributed by atoms with Crippen molar-refractivity contribution in [2.24, 2.45) is 13.0 Å². The molecule has 8 rings (SSSR count). The number of hydrogen-bond acceptors (Lipinski definition) is 10. The first-order valence-corrected chi connectivity index (χ1v) is 21.9. The number of nitrogens with zero attached hydrogens (tertiary/aromatic N) is 7. The molecular formula is C47H52F2N8O7. The summed E-state index contributed by atoms with van der Waals surface area (Å²) in [6, 6.07) is 16.1. The van der Waals surface area contributed by atoms with Crippen LogP contribution in [0.4, 0.5) is 14.5 Å². The van der Waals surface area contributed by atoms with E-state index in [1.807, 2.05) is 36.4 Å². The number of carbonyl (C=O) groups is 3. The van der Waals surface area contributed by atoms with Gasteiger partial charge in [-0.25, -0.2) is 23.2 Å². The van der Waals surface area contributed by atoms with Crippen LogP contribution in [0.25, 0.3) is 28.2 Å². The molecule has 1 saturated heterocycles. The number of likely N-dealkylation sites (N-methyl/N-ethyl adjacent to an activating group) is 1. The van der Waals surface area contributed by atoms with Gasteiger partial charge in [-0.2, -0.15) is 5.10 Å². The van der Waals surface area contributed by atoms with Gasteiger partial charge in [0.1, 0.15) is 12.3 Å². The maximum Gasteiger partial charge on any atom is 0.329 e. The van der Waals surface area contributed by atoms with Crippen LogP contribution in [-0.4, -0.2) is 85.0 Å². The van der Waals surface area contributed by atoms with E-state index in [1.165, 1.54) is 41.6 Å². The number of hydrogen-bond donors (Lipinski definition) is 1. The lowest BCUT2D eigenvalue weighted by Gasteiger charge is -2.28. The van der Waals surface area contributed by atoms with Gasteiger partial charge < -0.3 is 19.2 Å². The van der Waals surface area contributed by atoms with Gasteiger partial charge in [-0.15, -0.1) is 0 Å². The van der Waals surface area contributed by atoms with Gasteiger partial charge in [-0.1, -0.05) is 37.1 Å². The fourth-order valence-corrected chi connectivity index (χ4v) is 8.18. The third-order valence-electron chi connectivity index (χ3n) is 11.9. The summed E-state index contributed by atoms with van der Waals surface area (Å²) < 4.78 is 49.7. The maximum atomic E-state index is 14.1. The lowest BCUT2D eigenvalue weighted by atomic mass is 10.0. The number of nitrogens with one attached hydrogen (secondary N) is 1. The number of ether oxygens (including phenoxy) is 2. The molecule has 4 aromatic heterocycles. The molecule has 3 amide bonds. The van der Waals surface area contributed by atoms with Gasteiger partial charge >= 0.3 is 5.69 Å². The molecule has 0 spiro atoms. The highest BCUT2D eigenvalue weighted by Crippen LogP contribution is 2.34. The lowest BCUT2D eigenvalue weighted by molar-refractivity contribution is -0.149. The van der Waals surface area contributed by atoms with E-state index >= 15 is 0 Å². The van der Waals surface area contributed by atoms with Gasteiger partial charge in [0.2, 0.25) is 11.8 Å². The Morgan fingerprint density at radius 2 is 1.70 bits per heavy atom. The van der Waals surface area contributed by atoms with Gasteiger partial charge in [0.15, 0.2) is 11.4 Å². The van der Waals surface area contributed by atoms with E-state index in [0.29, 0.717) is 56.0 Å². The zero-order chi connectivity index (χ0) is 44.7. The highest BCUT2D eigenvalue weighted by molar-refractivity contribution is 6.03. The number of aryl methyl sites for hydroxylation is 4. The summed E-state index contributed by atoms with van der Waals surface area (Å²) in [7, 11) is 3.17. The lowest BCUT2D eigenvalue weighted by Crippen LogP contribution is -2.45. The summed E-state index contributed by atoms with van der Waals surface area (Å²) in [5.74, 6) is -0.278. The second-order valence-corrected chi connectivity index (χ2v) is 16.5. The number of rotatable bonds is 21. The fourth-order valence-electron chi connectivity index (χ4n) is 8.18. The smallest absolute Gasteiger partial charge is 0.329 e. The SMILES string of the molecule is CN1C(=O)CCC(n2c(=O)n(C)c3c(CCCOCCOCCCCc4ccc(-n5cc(NC(=O)c6coc(-c7ccnc(CCC8CC8)c7)n6)c(C(F)F)n5)cc4)cccc32)C1=O.